The highest BCUT2D eigenvalue weighted by atomic mass is 16.5. The number of methoxy groups -OCH3 is 1. The van der Waals surface area contributed by atoms with Crippen LogP contribution in [0.25, 0.3) is 5.82 Å². The largest absolute Gasteiger partial charge is 0.465 e. The minimum absolute atomic E-state index is 0.279. The standard InChI is InChI=1S/C20H20N4O3/c1-13-11-14(2)24(22-13)18-10-9-15(12-21-18)19(25)23(3)17-8-6-5-7-16(17)20(26)27-4/h5-12H,1-4H3. The van der Waals surface area contributed by atoms with E-state index in [1.54, 1.807) is 48.1 Å². The molecule has 2 aromatic heterocycles. The monoisotopic (exact) mass is 364 g/mol. The lowest BCUT2D eigenvalue weighted by Gasteiger charge is -2.20. The lowest BCUT2D eigenvalue weighted by atomic mass is 10.1. The number of nitrogens with zero attached hydrogens (tertiary/aromatic N) is 4. The minimum Gasteiger partial charge on any atom is -0.465 e. The van der Waals surface area contributed by atoms with Gasteiger partial charge in [0.1, 0.15) is 0 Å². The molecule has 3 rings (SSSR count). The van der Waals surface area contributed by atoms with Gasteiger partial charge in [-0.15, -0.1) is 0 Å². The smallest absolute Gasteiger partial charge is 0.339 e. The molecule has 0 bridgehead atoms. The van der Waals surface area contributed by atoms with E-state index in [-0.39, 0.29) is 5.91 Å². The number of anilines is 1. The Hall–Kier alpha value is -3.48. The minimum atomic E-state index is -0.497. The summed E-state index contributed by atoms with van der Waals surface area (Å²) in [4.78, 5) is 30.6. The molecule has 7 heteroatoms. The first kappa shape index (κ1) is 18.3. The van der Waals surface area contributed by atoms with Crippen LogP contribution in [0.3, 0.4) is 0 Å². The summed E-state index contributed by atoms with van der Waals surface area (Å²) in [7, 11) is 2.92. The van der Waals surface area contributed by atoms with E-state index in [2.05, 4.69) is 10.1 Å². The summed E-state index contributed by atoms with van der Waals surface area (Å²) in [6.07, 6.45) is 1.51. The summed E-state index contributed by atoms with van der Waals surface area (Å²) in [5.41, 5.74) is 3.05. The van der Waals surface area contributed by atoms with Gasteiger partial charge in [-0.1, -0.05) is 12.1 Å². The Balaban J connectivity index is 1.88. The second-order valence-electron chi connectivity index (χ2n) is 6.12. The summed E-state index contributed by atoms with van der Waals surface area (Å²) in [5.74, 6) is -0.142. The molecule has 0 aliphatic heterocycles. The van der Waals surface area contributed by atoms with Gasteiger partial charge in [-0.2, -0.15) is 5.10 Å². The number of amides is 1. The summed E-state index contributed by atoms with van der Waals surface area (Å²) in [6, 6.07) is 12.2. The number of ether oxygens (including phenoxy) is 1. The summed E-state index contributed by atoms with van der Waals surface area (Å²) >= 11 is 0. The number of rotatable bonds is 4. The third-order valence-corrected chi connectivity index (χ3v) is 4.20. The van der Waals surface area contributed by atoms with Gasteiger partial charge < -0.3 is 9.64 Å². The SMILES string of the molecule is COC(=O)c1ccccc1N(C)C(=O)c1ccc(-n2nc(C)cc2C)nc1. The molecule has 7 nitrogen and oxygen atoms in total. The van der Waals surface area contributed by atoms with E-state index < -0.39 is 5.97 Å². The lowest BCUT2D eigenvalue weighted by Crippen LogP contribution is -2.28. The van der Waals surface area contributed by atoms with Crippen LogP contribution in [0, 0.1) is 13.8 Å². The number of carbonyl (C=O) groups is 2. The Morgan fingerprint density at radius 3 is 2.44 bits per heavy atom. The van der Waals surface area contributed by atoms with Gasteiger partial charge in [0.15, 0.2) is 5.82 Å². The molecule has 0 fully saturated rings. The average molecular weight is 364 g/mol. The maximum Gasteiger partial charge on any atom is 0.339 e. The zero-order valence-corrected chi connectivity index (χ0v) is 15.6. The van der Waals surface area contributed by atoms with Crippen molar-refractivity contribution >= 4 is 17.6 Å². The molecule has 3 aromatic rings. The normalized spacial score (nSPS) is 10.5. The van der Waals surface area contributed by atoms with Crippen LogP contribution in [0.2, 0.25) is 0 Å². The van der Waals surface area contributed by atoms with E-state index in [4.69, 9.17) is 4.74 Å². The van der Waals surface area contributed by atoms with Gasteiger partial charge in [0.05, 0.1) is 29.6 Å². The van der Waals surface area contributed by atoms with E-state index in [0.717, 1.165) is 11.4 Å². The van der Waals surface area contributed by atoms with Crippen LogP contribution in [0.4, 0.5) is 5.69 Å². The van der Waals surface area contributed by atoms with Crippen molar-refractivity contribution in [3.8, 4) is 5.82 Å². The van der Waals surface area contributed by atoms with Crippen LogP contribution in [-0.2, 0) is 4.74 Å². The highest BCUT2D eigenvalue weighted by Crippen LogP contribution is 2.22. The fraction of sp³-hybridized carbons (Fsp3) is 0.200. The zero-order chi connectivity index (χ0) is 19.6. The fourth-order valence-corrected chi connectivity index (χ4v) is 2.85. The number of para-hydroxylation sites is 1. The lowest BCUT2D eigenvalue weighted by molar-refractivity contribution is 0.0601. The quantitative estimate of drug-likeness (QED) is 0.665. The van der Waals surface area contributed by atoms with Crippen molar-refractivity contribution in [1.82, 2.24) is 14.8 Å². The second kappa shape index (κ2) is 7.41. The number of hydrogen-bond acceptors (Lipinski definition) is 5. The molecular formula is C20H20N4O3. The van der Waals surface area contributed by atoms with Crippen LogP contribution < -0.4 is 4.90 Å². The second-order valence-corrected chi connectivity index (χ2v) is 6.12. The first-order chi connectivity index (χ1) is 12.9. The molecule has 0 spiro atoms. The Morgan fingerprint density at radius 2 is 1.85 bits per heavy atom. The maximum atomic E-state index is 12.8. The number of aryl methyl sites for hydroxylation is 2. The molecule has 1 aromatic carbocycles. The summed E-state index contributed by atoms with van der Waals surface area (Å²) < 4.78 is 6.51. The molecule has 0 aliphatic rings. The zero-order valence-electron chi connectivity index (χ0n) is 15.6. The molecule has 27 heavy (non-hydrogen) atoms. The van der Waals surface area contributed by atoms with Gasteiger partial charge in [0.25, 0.3) is 5.91 Å². The Bertz CT molecular complexity index is 993. The molecule has 2 heterocycles. The first-order valence-electron chi connectivity index (χ1n) is 8.37. The molecule has 0 saturated carbocycles. The van der Waals surface area contributed by atoms with Crippen molar-refractivity contribution in [2.45, 2.75) is 13.8 Å². The van der Waals surface area contributed by atoms with Crippen molar-refractivity contribution < 1.29 is 14.3 Å². The van der Waals surface area contributed by atoms with Gasteiger partial charge in [-0.25, -0.2) is 14.5 Å². The van der Waals surface area contributed by atoms with Gasteiger partial charge >= 0.3 is 5.97 Å². The first-order valence-corrected chi connectivity index (χ1v) is 8.37. The van der Waals surface area contributed by atoms with Crippen LogP contribution in [0.15, 0.2) is 48.7 Å². The molecule has 0 radical (unpaired) electrons. The predicted octanol–water partition coefficient (Wildman–Crippen LogP) is 2.95. The third-order valence-electron chi connectivity index (χ3n) is 4.20. The number of esters is 1. The summed E-state index contributed by atoms with van der Waals surface area (Å²) in [6.45, 7) is 3.85. The van der Waals surface area contributed by atoms with Crippen molar-refractivity contribution in [1.29, 1.82) is 0 Å². The van der Waals surface area contributed by atoms with E-state index in [1.807, 2.05) is 19.9 Å². The van der Waals surface area contributed by atoms with Crippen LogP contribution >= 0.6 is 0 Å². The maximum absolute atomic E-state index is 12.8. The van der Waals surface area contributed by atoms with E-state index >= 15 is 0 Å². The van der Waals surface area contributed by atoms with Gasteiger partial charge in [0.2, 0.25) is 0 Å². The Labute approximate surface area is 157 Å². The molecule has 0 N–H and O–H groups in total. The molecule has 0 atom stereocenters. The van der Waals surface area contributed by atoms with Crippen molar-refractivity contribution in [2.24, 2.45) is 0 Å². The Kier molecular flexibility index (Phi) is 5.03. The molecule has 0 unspecified atom stereocenters. The highest BCUT2D eigenvalue weighted by molar-refractivity contribution is 6.09. The molecule has 1 amide bonds. The molecule has 0 saturated heterocycles. The molecule has 0 aliphatic carbocycles. The van der Waals surface area contributed by atoms with Gasteiger partial charge in [-0.05, 0) is 44.2 Å². The number of carbonyl (C=O) groups excluding carboxylic acids is 2. The summed E-state index contributed by atoms with van der Waals surface area (Å²) in [5, 5.41) is 4.39. The number of hydrogen-bond donors (Lipinski definition) is 0. The topological polar surface area (TPSA) is 77.3 Å². The number of aromatic nitrogens is 3. The van der Waals surface area contributed by atoms with Crippen LogP contribution in [-0.4, -0.2) is 40.8 Å². The number of benzene rings is 1. The van der Waals surface area contributed by atoms with Crippen molar-refractivity contribution in [3.63, 3.8) is 0 Å². The predicted molar refractivity (Wildman–Crippen MR) is 101 cm³/mol. The molecular weight excluding hydrogens is 344 g/mol. The van der Waals surface area contributed by atoms with Crippen LogP contribution in [0.1, 0.15) is 32.1 Å². The van der Waals surface area contributed by atoms with Crippen molar-refractivity contribution in [2.75, 3.05) is 19.1 Å². The fourth-order valence-electron chi connectivity index (χ4n) is 2.85. The number of pyridine rings is 1. The molecule has 138 valence electrons. The highest BCUT2D eigenvalue weighted by Gasteiger charge is 2.20. The average Bonchev–Trinajstić information content (AvgIpc) is 3.04. The van der Waals surface area contributed by atoms with E-state index in [0.29, 0.717) is 22.6 Å². The van der Waals surface area contributed by atoms with E-state index in [9.17, 15) is 9.59 Å². The van der Waals surface area contributed by atoms with Gasteiger partial charge in [-0.3, -0.25) is 4.79 Å². The Morgan fingerprint density at radius 1 is 1.11 bits per heavy atom. The van der Waals surface area contributed by atoms with Crippen LogP contribution in [0.5, 0.6) is 0 Å². The van der Waals surface area contributed by atoms with Gasteiger partial charge in [0, 0.05) is 18.9 Å². The van der Waals surface area contributed by atoms with Crippen molar-refractivity contribution in [3.05, 3.63) is 71.2 Å². The van der Waals surface area contributed by atoms with E-state index in [1.165, 1.54) is 18.2 Å². The third kappa shape index (κ3) is 3.57.